The highest BCUT2D eigenvalue weighted by Crippen LogP contribution is 2.41. The van der Waals surface area contributed by atoms with Crippen molar-refractivity contribution in [2.24, 2.45) is 5.92 Å². The smallest absolute Gasteiger partial charge is 0.394 e. The van der Waals surface area contributed by atoms with Crippen molar-refractivity contribution in [3.8, 4) is 0 Å². The Kier molecular flexibility index (Phi) is 5.17. The van der Waals surface area contributed by atoms with Gasteiger partial charge in [0.2, 0.25) is 0 Å². The van der Waals surface area contributed by atoms with Crippen LogP contribution < -0.4 is 5.32 Å². The molecule has 7 nitrogen and oxygen atoms in total. The zero-order chi connectivity index (χ0) is 16.3. The van der Waals surface area contributed by atoms with Gasteiger partial charge in [0.25, 0.3) is 0 Å². The zero-order valence-electron chi connectivity index (χ0n) is 11.8. The van der Waals surface area contributed by atoms with E-state index in [-0.39, 0.29) is 11.8 Å². The van der Waals surface area contributed by atoms with Crippen molar-refractivity contribution in [3.63, 3.8) is 0 Å². The van der Waals surface area contributed by atoms with Gasteiger partial charge in [0.05, 0.1) is 5.92 Å². The number of carboxylic acid groups (broad SMARTS) is 1. The van der Waals surface area contributed by atoms with Gasteiger partial charge >= 0.3 is 16.4 Å². The van der Waals surface area contributed by atoms with Crippen LogP contribution in [0.1, 0.15) is 30.7 Å². The minimum absolute atomic E-state index is 0.132. The third kappa shape index (κ3) is 4.51. The van der Waals surface area contributed by atoms with Gasteiger partial charge in [0.15, 0.2) is 0 Å². The van der Waals surface area contributed by atoms with Crippen molar-refractivity contribution >= 4 is 16.4 Å². The lowest BCUT2D eigenvalue weighted by Gasteiger charge is -2.35. The second-order valence-electron chi connectivity index (χ2n) is 5.61. The molecule has 0 saturated carbocycles. The molecule has 0 aromatic heterocycles. The fraction of sp³-hybridized carbons (Fsp3) is 0.500. The van der Waals surface area contributed by atoms with E-state index < -0.39 is 16.4 Å². The highest BCUT2D eigenvalue weighted by Gasteiger charge is 2.45. The van der Waals surface area contributed by atoms with Gasteiger partial charge in [-0.25, -0.2) is 0 Å². The van der Waals surface area contributed by atoms with Gasteiger partial charge in [-0.05, 0) is 24.8 Å². The Labute approximate surface area is 128 Å². The van der Waals surface area contributed by atoms with Gasteiger partial charge in [0, 0.05) is 18.0 Å². The van der Waals surface area contributed by atoms with Crippen LogP contribution in [0.3, 0.4) is 0 Å². The monoisotopic (exact) mass is 329 g/mol. The van der Waals surface area contributed by atoms with E-state index in [2.05, 4.69) is 17.4 Å². The van der Waals surface area contributed by atoms with Gasteiger partial charge in [-0.3, -0.25) is 13.9 Å². The Morgan fingerprint density at radius 3 is 2.27 bits per heavy atom. The molecule has 0 amide bonds. The Bertz CT molecular complexity index is 609. The molecule has 8 heteroatoms. The number of fused-ring (bicyclic) bond motifs is 2. The van der Waals surface area contributed by atoms with Crippen LogP contribution in [0, 0.1) is 5.92 Å². The summed E-state index contributed by atoms with van der Waals surface area (Å²) in [7, 11) is -4.67. The van der Waals surface area contributed by atoms with E-state index in [0.717, 1.165) is 24.8 Å². The molecule has 0 aliphatic carbocycles. The Morgan fingerprint density at radius 1 is 1.14 bits per heavy atom. The molecule has 0 radical (unpaired) electrons. The second-order valence-corrected chi connectivity index (χ2v) is 6.51. The first-order valence-electron chi connectivity index (χ1n) is 6.99. The largest absolute Gasteiger partial charge is 0.481 e. The molecule has 0 unspecified atom stereocenters. The molecule has 0 spiro atoms. The summed E-state index contributed by atoms with van der Waals surface area (Å²) in [6.45, 7) is 0. The number of rotatable bonds is 2. The molecule has 2 saturated heterocycles. The number of benzene rings is 1. The zero-order valence-corrected chi connectivity index (χ0v) is 12.6. The van der Waals surface area contributed by atoms with Crippen molar-refractivity contribution in [2.75, 3.05) is 0 Å². The minimum Gasteiger partial charge on any atom is -0.481 e. The maximum absolute atomic E-state index is 11.4. The quantitative estimate of drug-likeness (QED) is 0.604. The van der Waals surface area contributed by atoms with E-state index >= 15 is 0 Å². The van der Waals surface area contributed by atoms with Crippen molar-refractivity contribution in [3.05, 3.63) is 35.9 Å². The lowest BCUT2D eigenvalue weighted by molar-refractivity contribution is -0.143. The summed E-state index contributed by atoms with van der Waals surface area (Å²) in [6, 6.07) is 10.8. The molecule has 2 aliphatic heterocycles. The molecular weight excluding hydrogens is 310 g/mol. The fourth-order valence-corrected chi connectivity index (χ4v) is 3.45. The SMILES string of the molecule is O=C(O)[C@@H]1C[C@@H]2CC[C@@H](N2)[C@H]1c1ccccc1.O=S(=O)(O)O. The third-order valence-corrected chi connectivity index (χ3v) is 4.18. The van der Waals surface area contributed by atoms with E-state index in [1.807, 2.05) is 18.2 Å². The molecule has 4 atom stereocenters. The van der Waals surface area contributed by atoms with E-state index in [0.29, 0.717) is 12.1 Å². The van der Waals surface area contributed by atoms with Crippen molar-refractivity contribution in [2.45, 2.75) is 37.3 Å². The van der Waals surface area contributed by atoms with Crippen molar-refractivity contribution in [1.29, 1.82) is 0 Å². The molecule has 122 valence electrons. The molecular formula is C14H19NO6S. The fourth-order valence-electron chi connectivity index (χ4n) is 3.45. The number of piperidine rings is 1. The van der Waals surface area contributed by atoms with Gasteiger partial charge < -0.3 is 10.4 Å². The predicted octanol–water partition coefficient (Wildman–Crippen LogP) is 1.34. The first-order chi connectivity index (χ1) is 10.3. The molecule has 2 bridgehead atoms. The Hall–Kier alpha value is -1.48. The number of carbonyl (C=O) groups is 1. The van der Waals surface area contributed by atoms with E-state index in [4.69, 9.17) is 17.5 Å². The first-order valence-corrected chi connectivity index (χ1v) is 8.39. The lowest BCUT2D eigenvalue weighted by Crippen LogP contribution is -2.46. The number of carboxylic acids is 1. The summed E-state index contributed by atoms with van der Waals surface area (Å²) in [5.41, 5.74) is 1.16. The molecule has 1 aromatic carbocycles. The normalized spacial score (nSPS) is 30.3. The highest BCUT2D eigenvalue weighted by molar-refractivity contribution is 7.79. The summed E-state index contributed by atoms with van der Waals surface area (Å²) in [5.74, 6) is -0.735. The average Bonchev–Trinajstić information content (AvgIpc) is 2.79. The highest BCUT2D eigenvalue weighted by atomic mass is 32.3. The van der Waals surface area contributed by atoms with Gasteiger partial charge in [-0.1, -0.05) is 30.3 Å². The van der Waals surface area contributed by atoms with Crippen LogP contribution in [0.5, 0.6) is 0 Å². The topological polar surface area (TPSA) is 124 Å². The molecule has 1 aromatic rings. The van der Waals surface area contributed by atoms with Gasteiger partial charge in [0.1, 0.15) is 0 Å². The summed E-state index contributed by atoms with van der Waals surface area (Å²) in [4.78, 5) is 11.4. The van der Waals surface area contributed by atoms with Crippen LogP contribution in [0.25, 0.3) is 0 Å². The van der Waals surface area contributed by atoms with Crippen LogP contribution >= 0.6 is 0 Å². The van der Waals surface area contributed by atoms with E-state index in [9.17, 15) is 9.90 Å². The number of hydrogen-bond donors (Lipinski definition) is 4. The van der Waals surface area contributed by atoms with Crippen molar-refractivity contribution in [1.82, 2.24) is 5.32 Å². The van der Waals surface area contributed by atoms with Crippen LogP contribution in [0.4, 0.5) is 0 Å². The minimum atomic E-state index is -4.67. The van der Waals surface area contributed by atoms with Gasteiger partial charge in [-0.15, -0.1) is 0 Å². The standard InChI is InChI=1S/C14H17NO2.H2O4S/c16-14(17)11-8-10-6-7-12(15-10)13(11)9-4-2-1-3-5-9;1-5(2,3)4/h1-5,10-13,15H,6-8H2,(H,16,17);(H2,1,2,3,4)/t10-,11+,12+,13-;/m0./s1. The van der Waals surface area contributed by atoms with Crippen molar-refractivity contribution < 1.29 is 27.4 Å². The first kappa shape index (κ1) is 16.9. The Balaban J connectivity index is 0.000000309. The summed E-state index contributed by atoms with van der Waals surface area (Å²) < 4.78 is 31.6. The van der Waals surface area contributed by atoms with Crippen LogP contribution in [0.2, 0.25) is 0 Å². The maximum Gasteiger partial charge on any atom is 0.394 e. The maximum atomic E-state index is 11.4. The summed E-state index contributed by atoms with van der Waals surface area (Å²) in [6.07, 6.45) is 3.00. The lowest BCUT2D eigenvalue weighted by atomic mass is 9.77. The van der Waals surface area contributed by atoms with Gasteiger partial charge in [-0.2, -0.15) is 8.42 Å². The number of nitrogens with one attached hydrogen (secondary N) is 1. The molecule has 3 rings (SSSR count). The molecule has 2 heterocycles. The second kappa shape index (κ2) is 6.74. The van der Waals surface area contributed by atoms with E-state index in [1.54, 1.807) is 0 Å². The molecule has 4 N–H and O–H groups in total. The summed E-state index contributed by atoms with van der Waals surface area (Å²) >= 11 is 0. The molecule has 22 heavy (non-hydrogen) atoms. The number of hydrogen-bond acceptors (Lipinski definition) is 4. The summed E-state index contributed by atoms with van der Waals surface area (Å²) in [5, 5.41) is 13.0. The molecule has 2 aliphatic rings. The average molecular weight is 329 g/mol. The van der Waals surface area contributed by atoms with Crippen LogP contribution in [-0.2, 0) is 15.2 Å². The van der Waals surface area contributed by atoms with Crippen LogP contribution in [0.15, 0.2) is 30.3 Å². The van der Waals surface area contributed by atoms with Crippen LogP contribution in [-0.4, -0.2) is 40.7 Å². The van der Waals surface area contributed by atoms with E-state index in [1.165, 1.54) is 0 Å². The predicted molar refractivity (Wildman–Crippen MR) is 79.0 cm³/mol. The third-order valence-electron chi connectivity index (χ3n) is 4.18. The number of aliphatic carboxylic acids is 1. The molecule has 2 fully saturated rings. The Morgan fingerprint density at radius 2 is 1.73 bits per heavy atom.